The molecular weight excluding hydrogens is 583 g/mol. The van der Waals surface area contributed by atoms with Gasteiger partial charge in [-0.15, -0.1) is 12.4 Å². The van der Waals surface area contributed by atoms with E-state index in [0.29, 0.717) is 30.6 Å². The van der Waals surface area contributed by atoms with Crippen LogP contribution in [0.3, 0.4) is 0 Å². The van der Waals surface area contributed by atoms with Crippen LogP contribution in [0.25, 0.3) is 0 Å². The van der Waals surface area contributed by atoms with Crippen LogP contribution in [-0.4, -0.2) is 95.2 Å². The van der Waals surface area contributed by atoms with E-state index in [4.69, 9.17) is 11.6 Å². The third-order valence-corrected chi connectivity index (χ3v) is 10.5. The lowest BCUT2D eigenvalue weighted by Crippen LogP contribution is -2.54. The Labute approximate surface area is 270 Å². The number of amides is 3. The van der Waals surface area contributed by atoms with Gasteiger partial charge in [0.2, 0.25) is 17.7 Å². The van der Waals surface area contributed by atoms with Gasteiger partial charge >= 0.3 is 0 Å². The minimum atomic E-state index is -0.561. The molecule has 1 aromatic rings. The molecule has 0 bridgehead atoms. The Morgan fingerprint density at radius 1 is 0.907 bits per heavy atom. The Kier molecular flexibility index (Phi) is 10.2. The molecule has 0 unspecified atom stereocenters. The van der Waals surface area contributed by atoms with E-state index >= 15 is 0 Å². The normalized spacial score (nSPS) is 28.0. The van der Waals surface area contributed by atoms with E-state index in [0.717, 1.165) is 37.8 Å². The zero-order valence-corrected chi connectivity index (χ0v) is 28.7. The molecule has 5 rings (SSSR count). The van der Waals surface area contributed by atoms with Gasteiger partial charge in [0.25, 0.3) is 0 Å². The van der Waals surface area contributed by atoms with Crippen LogP contribution in [0.5, 0.6) is 0 Å². The van der Waals surface area contributed by atoms with Crippen LogP contribution in [-0.2, 0) is 14.4 Å². The first-order valence-corrected chi connectivity index (χ1v) is 16.4. The third-order valence-electron chi connectivity index (χ3n) is 10.3. The highest BCUT2D eigenvalue weighted by atomic mass is 35.5. The van der Waals surface area contributed by atoms with E-state index in [1.54, 1.807) is 19.0 Å². The Balaban J connectivity index is 0.00000423. The Bertz CT molecular complexity index is 1170. The number of likely N-dealkylation sites (N-methyl/N-ethyl adjacent to an activating group) is 1. The van der Waals surface area contributed by atoms with Gasteiger partial charge in [-0.2, -0.15) is 0 Å². The lowest BCUT2D eigenvalue weighted by atomic mass is 9.74. The summed E-state index contributed by atoms with van der Waals surface area (Å²) in [5.41, 5.74) is 0.864. The van der Waals surface area contributed by atoms with Crippen LogP contribution in [0.1, 0.15) is 91.0 Å². The van der Waals surface area contributed by atoms with Crippen LogP contribution >= 0.6 is 24.0 Å². The molecule has 2 aliphatic carbocycles. The molecular formula is C34H52Cl2N4O3. The first kappa shape index (κ1) is 34.1. The predicted molar refractivity (Wildman–Crippen MR) is 174 cm³/mol. The Morgan fingerprint density at radius 3 is 2.05 bits per heavy atom. The van der Waals surface area contributed by atoms with E-state index in [9.17, 15) is 14.4 Å². The van der Waals surface area contributed by atoms with Gasteiger partial charge in [0.15, 0.2) is 0 Å². The summed E-state index contributed by atoms with van der Waals surface area (Å²) >= 11 is 6.22. The number of carbonyl (C=O) groups is 3. The number of carbonyl (C=O) groups excluding carboxylic acids is 3. The van der Waals surface area contributed by atoms with Crippen LogP contribution in [0, 0.1) is 16.7 Å². The van der Waals surface area contributed by atoms with E-state index in [-0.39, 0.29) is 59.5 Å². The maximum Gasteiger partial charge on any atom is 0.244 e. The van der Waals surface area contributed by atoms with Gasteiger partial charge < -0.3 is 14.7 Å². The number of hydrogen-bond donors (Lipinski definition) is 0. The highest BCUT2D eigenvalue weighted by molar-refractivity contribution is 6.30. The first-order valence-electron chi connectivity index (χ1n) is 16.0. The third kappa shape index (κ3) is 7.36. The van der Waals surface area contributed by atoms with Gasteiger partial charge in [-0.3, -0.25) is 19.3 Å². The number of nitrogens with zero attached hydrogens (tertiary/aromatic N) is 4. The predicted octanol–water partition coefficient (Wildman–Crippen LogP) is 5.84. The number of hydrogen-bond acceptors (Lipinski definition) is 4. The summed E-state index contributed by atoms with van der Waals surface area (Å²) in [5, 5.41) is 0.687. The molecule has 3 amide bonds. The first-order chi connectivity index (χ1) is 19.7. The van der Waals surface area contributed by atoms with Gasteiger partial charge in [-0.1, -0.05) is 58.4 Å². The summed E-state index contributed by atoms with van der Waals surface area (Å²) in [6.07, 6.45) is 6.93. The molecule has 7 nitrogen and oxygen atoms in total. The molecule has 1 aromatic carbocycles. The van der Waals surface area contributed by atoms with Gasteiger partial charge in [0.1, 0.15) is 6.04 Å². The molecule has 2 aliphatic heterocycles. The van der Waals surface area contributed by atoms with Gasteiger partial charge in [-0.05, 0) is 68.1 Å². The second-order valence-electron chi connectivity index (χ2n) is 15.4. The molecule has 4 atom stereocenters. The summed E-state index contributed by atoms with van der Waals surface area (Å²) in [4.78, 5) is 50.4. The van der Waals surface area contributed by atoms with Crippen molar-refractivity contribution in [2.24, 2.45) is 16.7 Å². The zero-order chi connectivity index (χ0) is 30.6. The molecule has 0 radical (unpaired) electrons. The van der Waals surface area contributed by atoms with Gasteiger partial charge in [-0.25, -0.2) is 0 Å². The van der Waals surface area contributed by atoms with Crippen LogP contribution in [0.15, 0.2) is 24.3 Å². The minimum Gasteiger partial charge on any atom is -0.347 e. The van der Waals surface area contributed by atoms with Crippen molar-refractivity contribution in [3.05, 3.63) is 34.9 Å². The van der Waals surface area contributed by atoms with Crippen LogP contribution in [0.2, 0.25) is 5.02 Å². The van der Waals surface area contributed by atoms with Gasteiger partial charge in [0, 0.05) is 62.2 Å². The quantitative estimate of drug-likeness (QED) is 0.394. The average molecular weight is 636 g/mol. The molecule has 0 N–H and O–H groups in total. The smallest absolute Gasteiger partial charge is 0.244 e. The molecule has 0 spiro atoms. The molecule has 2 saturated heterocycles. The lowest BCUT2D eigenvalue weighted by molar-refractivity contribution is -0.147. The van der Waals surface area contributed by atoms with Crippen molar-refractivity contribution >= 4 is 41.7 Å². The second kappa shape index (κ2) is 12.9. The van der Waals surface area contributed by atoms with Crippen LogP contribution < -0.4 is 0 Å². The van der Waals surface area contributed by atoms with Crippen molar-refractivity contribution in [1.29, 1.82) is 0 Å². The fourth-order valence-electron chi connectivity index (χ4n) is 7.55. The minimum absolute atomic E-state index is 0. The Morgan fingerprint density at radius 2 is 1.51 bits per heavy atom. The summed E-state index contributed by atoms with van der Waals surface area (Å²) < 4.78 is 0. The maximum atomic E-state index is 14.6. The topological polar surface area (TPSA) is 64.2 Å². The van der Waals surface area contributed by atoms with E-state index in [1.165, 1.54) is 12.8 Å². The lowest BCUT2D eigenvalue weighted by Gasteiger charge is -2.45. The van der Waals surface area contributed by atoms with Gasteiger partial charge in [0.05, 0.1) is 12.0 Å². The average Bonchev–Trinajstić information content (AvgIpc) is 3.53. The number of rotatable bonds is 6. The molecule has 9 heteroatoms. The fourth-order valence-corrected chi connectivity index (χ4v) is 7.68. The van der Waals surface area contributed by atoms with Crippen molar-refractivity contribution in [2.75, 3.05) is 33.7 Å². The molecule has 4 fully saturated rings. The number of halogens is 2. The van der Waals surface area contributed by atoms with Crippen molar-refractivity contribution in [1.82, 2.24) is 19.6 Å². The Hall–Kier alpha value is -1.83. The fraction of sp³-hybridized carbons (Fsp3) is 0.735. The molecule has 2 saturated carbocycles. The van der Waals surface area contributed by atoms with Crippen LogP contribution in [0.4, 0.5) is 0 Å². The highest BCUT2D eigenvalue weighted by Gasteiger charge is 2.51. The SMILES string of the molecule is CN(C)C(=O)[C@@H]1C[C@H](N(C(=O)C(C)(C)C)C2CCC(C)(C)CC2)CN1C(=O)[C@@H]1CN(C2CC2)C[C@H]1c1ccc(Cl)cc1.Cl. The van der Waals surface area contributed by atoms with Crippen molar-refractivity contribution in [3.8, 4) is 0 Å². The molecule has 4 aliphatic rings. The molecule has 240 valence electrons. The monoisotopic (exact) mass is 634 g/mol. The van der Waals surface area contributed by atoms with E-state index in [1.807, 2.05) is 49.9 Å². The zero-order valence-electron chi connectivity index (χ0n) is 27.1. The summed E-state index contributed by atoms with van der Waals surface area (Å²) in [5.74, 6) is -0.0578. The largest absolute Gasteiger partial charge is 0.347 e. The number of benzene rings is 1. The van der Waals surface area contributed by atoms with E-state index < -0.39 is 11.5 Å². The summed E-state index contributed by atoms with van der Waals surface area (Å²) in [6, 6.07) is 7.87. The summed E-state index contributed by atoms with van der Waals surface area (Å²) in [7, 11) is 3.53. The van der Waals surface area contributed by atoms with E-state index in [2.05, 4.69) is 23.6 Å². The number of likely N-dealkylation sites (tertiary alicyclic amines) is 2. The maximum absolute atomic E-state index is 14.6. The van der Waals surface area contributed by atoms with Crippen molar-refractivity contribution in [2.45, 2.75) is 110 Å². The molecule has 43 heavy (non-hydrogen) atoms. The standard InChI is InChI=1S/C34H51ClN4O3.ClH/c1-33(2,3)32(42)39(25-14-16-34(4,5)17-15-25)26-18-29(31(41)36(6)7)38(19-26)30(40)28-21-37(24-12-13-24)20-27(28)22-8-10-23(35)11-9-22;/h8-11,24-29H,12-21H2,1-7H3;1H/t26-,27-,28+,29-;/m0./s1. The molecule has 0 aromatic heterocycles. The highest BCUT2D eigenvalue weighted by Crippen LogP contribution is 2.43. The summed E-state index contributed by atoms with van der Waals surface area (Å²) in [6.45, 7) is 12.5. The second-order valence-corrected chi connectivity index (χ2v) is 15.9. The van der Waals surface area contributed by atoms with Crippen molar-refractivity contribution < 1.29 is 14.4 Å². The van der Waals surface area contributed by atoms with Crippen molar-refractivity contribution in [3.63, 3.8) is 0 Å². The molecule has 2 heterocycles.